The molecule has 0 saturated carbocycles. The number of aromatic nitrogens is 4. The molecule has 1 N–H and O–H groups in total. The first-order valence-electron chi connectivity index (χ1n) is 8.06. The lowest BCUT2D eigenvalue weighted by molar-refractivity contribution is 0.555. The molecular weight excluding hydrogens is 328 g/mol. The third kappa shape index (κ3) is 2.36. The first-order chi connectivity index (χ1) is 12.8. The predicted molar refractivity (Wildman–Crippen MR) is 98.6 cm³/mol. The number of rotatable bonds is 2. The van der Waals surface area contributed by atoms with Crippen molar-refractivity contribution in [3.8, 4) is 22.3 Å². The average Bonchev–Trinajstić information content (AvgIpc) is 3.07. The molecule has 1 aromatic carbocycles. The van der Waals surface area contributed by atoms with Gasteiger partial charge < -0.3 is 4.42 Å². The summed E-state index contributed by atoms with van der Waals surface area (Å²) in [7, 11) is 0. The van der Waals surface area contributed by atoms with Crippen molar-refractivity contribution in [2.45, 2.75) is 0 Å². The van der Waals surface area contributed by atoms with Gasteiger partial charge in [-0.2, -0.15) is 0 Å². The number of pyridine rings is 3. The van der Waals surface area contributed by atoms with E-state index in [0.29, 0.717) is 11.2 Å². The van der Waals surface area contributed by atoms with Crippen LogP contribution >= 0.6 is 0 Å². The normalized spacial score (nSPS) is 11.2. The first kappa shape index (κ1) is 14.5. The van der Waals surface area contributed by atoms with Gasteiger partial charge in [0.05, 0.1) is 5.52 Å². The fourth-order valence-electron chi connectivity index (χ4n) is 3.11. The highest BCUT2D eigenvalue weighted by Gasteiger charge is 2.09. The Hall–Kier alpha value is -3.80. The van der Waals surface area contributed by atoms with Crippen LogP contribution in [0.3, 0.4) is 0 Å². The Balaban J connectivity index is 1.72. The van der Waals surface area contributed by atoms with Crippen LogP contribution in [0.2, 0.25) is 0 Å². The van der Waals surface area contributed by atoms with E-state index in [1.165, 1.54) is 0 Å². The SMILES string of the molecule is O=c1[nH]c2ncc(-c3ccc4nccc(-c5ccncc5)c4c3)cc2o1. The molecule has 4 heterocycles. The van der Waals surface area contributed by atoms with Gasteiger partial charge in [0.25, 0.3) is 0 Å². The van der Waals surface area contributed by atoms with Gasteiger partial charge in [-0.25, -0.2) is 9.78 Å². The van der Waals surface area contributed by atoms with Crippen LogP contribution in [-0.4, -0.2) is 19.9 Å². The minimum absolute atomic E-state index is 0.438. The van der Waals surface area contributed by atoms with Crippen molar-refractivity contribution in [3.63, 3.8) is 0 Å². The number of H-pyrrole nitrogens is 1. The lowest BCUT2D eigenvalue weighted by Crippen LogP contribution is -1.93. The van der Waals surface area contributed by atoms with Gasteiger partial charge >= 0.3 is 5.76 Å². The van der Waals surface area contributed by atoms with Gasteiger partial charge in [-0.3, -0.25) is 15.0 Å². The van der Waals surface area contributed by atoms with Crippen LogP contribution in [-0.2, 0) is 0 Å². The zero-order valence-corrected chi connectivity index (χ0v) is 13.5. The third-order valence-corrected chi connectivity index (χ3v) is 4.34. The predicted octanol–water partition coefficient (Wildman–Crippen LogP) is 3.79. The van der Waals surface area contributed by atoms with Crippen LogP contribution in [0.15, 0.2) is 76.5 Å². The highest BCUT2D eigenvalue weighted by Crippen LogP contribution is 2.31. The van der Waals surface area contributed by atoms with E-state index in [2.05, 4.69) is 26.0 Å². The number of aromatic amines is 1. The summed E-state index contributed by atoms with van der Waals surface area (Å²) in [4.78, 5) is 26.7. The lowest BCUT2D eigenvalue weighted by Gasteiger charge is -2.08. The Labute approximate surface area is 147 Å². The molecule has 0 aliphatic rings. The Morgan fingerprint density at radius 1 is 0.846 bits per heavy atom. The van der Waals surface area contributed by atoms with Crippen molar-refractivity contribution in [2.24, 2.45) is 0 Å². The van der Waals surface area contributed by atoms with Crippen LogP contribution in [0.5, 0.6) is 0 Å². The summed E-state index contributed by atoms with van der Waals surface area (Å²) < 4.78 is 5.12. The average molecular weight is 340 g/mol. The molecule has 0 spiro atoms. The van der Waals surface area contributed by atoms with Crippen LogP contribution in [0.1, 0.15) is 0 Å². The van der Waals surface area contributed by atoms with E-state index in [-0.39, 0.29) is 0 Å². The molecule has 0 bridgehead atoms. The monoisotopic (exact) mass is 340 g/mol. The van der Waals surface area contributed by atoms with Crippen molar-refractivity contribution in [2.75, 3.05) is 0 Å². The maximum Gasteiger partial charge on any atom is 0.418 e. The summed E-state index contributed by atoms with van der Waals surface area (Å²) in [6, 6.07) is 13.8. The molecule has 5 rings (SSSR count). The Morgan fingerprint density at radius 2 is 1.73 bits per heavy atom. The van der Waals surface area contributed by atoms with Crippen LogP contribution in [0, 0.1) is 0 Å². The highest BCUT2D eigenvalue weighted by atomic mass is 16.4. The number of hydrogen-bond donors (Lipinski definition) is 1. The zero-order valence-electron chi connectivity index (χ0n) is 13.5. The molecule has 0 saturated heterocycles. The molecule has 4 aromatic heterocycles. The van der Waals surface area contributed by atoms with Gasteiger partial charge in [-0.15, -0.1) is 0 Å². The summed E-state index contributed by atoms with van der Waals surface area (Å²) in [5, 5.41) is 1.03. The summed E-state index contributed by atoms with van der Waals surface area (Å²) in [5.41, 5.74) is 5.79. The van der Waals surface area contributed by atoms with Gasteiger partial charge in [-0.05, 0) is 53.1 Å². The first-order valence-corrected chi connectivity index (χ1v) is 8.06. The molecule has 0 unspecified atom stereocenters. The standard InChI is InChI=1S/C20H12N4O2/c25-20-24-19-18(26-20)10-14(11-23-19)13-1-2-17-16(9-13)15(5-8-22-17)12-3-6-21-7-4-12/h1-11H,(H,23,24,25). The summed E-state index contributed by atoms with van der Waals surface area (Å²) in [5.74, 6) is -0.507. The molecule has 0 aliphatic carbocycles. The molecule has 6 heteroatoms. The highest BCUT2D eigenvalue weighted by molar-refractivity contribution is 5.97. The molecule has 0 aliphatic heterocycles. The Kier molecular flexibility index (Phi) is 3.15. The van der Waals surface area contributed by atoms with E-state index < -0.39 is 5.76 Å². The minimum atomic E-state index is -0.507. The largest absolute Gasteiger partial charge is 0.418 e. The number of oxazole rings is 1. The topological polar surface area (TPSA) is 84.7 Å². The molecule has 6 nitrogen and oxygen atoms in total. The molecule has 26 heavy (non-hydrogen) atoms. The Morgan fingerprint density at radius 3 is 2.62 bits per heavy atom. The quantitative estimate of drug-likeness (QED) is 0.528. The second kappa shape index (κ2) is 5.63. The third-order valence-electron chi connectivity index (χ3n) is 4.34. The van der Waals surface area contributed by atoms with Gasteiger partial charge in [0.15, 0.2) is 11.2 Å². The summed E-state index contributed by atoms with van der Waals surface area (Å²) >= 11 is 0. The van der Waals surface area contributed by atoms with Crippen molar-refractivity contribution >= 4 is 22.1 Å². The van der Waals surface area contributed by atoms with Gasteiger partial charge in [-0.1, -0.05) is 6.07 Å². The lowest BCUT2D eigenvalue weighted by atomic mass is 9.98. The fourth-order valence-corrected chi connectivity index (χ4v) is 3.11. The van der Waals surface area contributed by atoms with Crippen LogP contribution in [0.25, 0.3) is 44.4 Å². The smallest absolute Gasteiger partial charge is 0.406 e. The van der Waals surface area contributed by atoms with Crippen LogP contribution in [0.4, 0.5) is 0 Å². The molecule has 5 aromatic rings. The zero-order chi connectivity index (χ0) is 17.5. The van der Waals surface area contributed by atoms with Gasteiger partial charge in [0.2, 0.25) is 0 Å². The minimum Gasteiger partial charge on any atom is -0.406 e. The number of nitrogens with one attached hydrogen (secondary N) is 1. The number of fused-ring (bicyclic) bond motifs is 2. The summed E-state index contributed by atoms with van der Waals surface area (Å²) in [6.45, 7) is 0. The number of hydrogen-bond acceptors (Lipinski definition) is 5. The van der Waals surface area contributed by atoms with Crippen molar-refractivity contribution in [1.29, 1.82) is 0 Å². The van der Waals surface area contributed by atoms with Gasteiger partial charge in [0, 0.05) is 35.7 Å². The van der Waals surface area contributed by atoms with Crippen molar-refractivity contribution < 1.29 is 4.42 Å². The molecular formula is C20H12N4O2. The van der Waals surface area contributed by atoms with Crippen molar-refractivity contribution in [1.82, 2.24) is 19.9 Å². The fraction of sp³-hybridized carbons (Fsp3) is 0. The van der Waals surface area contributed by atoms with Crippen LogP contribution < -0.4 is 5.76 Å². The molecule has 0 fully saturated rings. The molecule has 124 valence electrons. The van der Waals surface area contributed by atoms with E-state index >= 15 is 0 Å². The van der Waals surface area contributed by atoms with E-state index in [1.807, 2.05) is 36.4 Å². The van der Waals surface area contributed by atoms with E-state index in [9.17, 15) is 4.79 Å². The maximum absolute atomic E-state index is 11.3. The second-order valence-corrected chi connectivity index (χ2v) is 5.91. The number of benzene rings is 1. The molecule has 0 radical (unpaired) electrons. The number of nitrogens with zero attached hydrogens (tertiary/aromatic N) is 3. The second-order valence-electron chi connectivity index (χ2n) is 5.91. The van der Waals surface area contributed by atoms with Crippen molar-refractivity contribution in [3.05, 3.63) is 77.8 Å². The maximum atomic E-state index is 11.3. The van der Waals surface area contributed by atoms with E-state index in [0.717, 1.165) is 33.2 Å². The van der Waals surface area contributed by atoms with E-state index in [4.69, 9.17) is 4.42 Å². The molecule has 0 atom stereocenters. The Bertz CT molecular complexity index is 1310. The van der Waals surface area contributed by atoms with Gasteiger partial charge in [0.1, 0.15) is 0 Å². The molecule has 0 amide bonds. The van der Waals surface area contributed by atoms with E-state index in [1.54, 1.807) is 24.8 Å². The summed E-state index contributed by atoms with van der Waals surface area (Å²) in [6.07, 6.45) is 7.08.